The van der Waals surface area contributed by atoms with Gasteiger partial charge < -0.3 is 10.7 Å². The summed E-state index contributed by atoms with van der Waals surface area (Å²) in [6.45, 7) is 3.62. The van der Waals surface area contributed by atoms with Crippen LogP contribution in [0.15, 0.2) is 34.3 Å². The van der Waals surface area contributed by atoms with Crippen LogP contribution in [0, 0.1) is 6.92 Å². The van der Waals surface area contributed by atoms with Gasteiger partial charge in [0, 0.05) is 41.3 Å². The van der Waals surface area contributed by atoms with Crippen molar-refractivity contribution < 1.29 is 0 Å². The van der Waals surface area contributed by atoms with Gasteiger partial charge in [0.15, 0.2) is 0 Å². The molecule has 2 aromatic heterocycles. The average molecular weight is 408 g/mol. The number of halogens is 1. The predicted octanol–water partition coefficient (Wildman–Crippen LogP) is 2.24. The van der Waals surface area contributed by atoms with Crippen LogP contribution in [0.4, 0.5) is 0 Å². The van der Waals surface area contributed by atoms with Gasteiger partial charge in [-0.25, -0.2) is 10.4 Å². The van der Waals surface area contributed by atoms with Crippen molar-refractivity contribution in [3.8, 4) is 0 Å². The number of hydrazine groups is 1. The first-order valence-corrected chi connectivity index (χ1v) is 9.31. The molecule has 0 unspecified atom stereocenters. The van der Waals surface area contributed by atoms with E-state index < -0.39 is 0 Å². The number of aromatic amines is 1. The largest absolute Gasteiger partial charge is 0.369 e. The number of nitrogens with zero attached hydrogens (tertiary/aromatic N) is 3. The lowest BCUT2D eigenvalue weighted by Crippen LogP contribution is -2.42. The molecule has 0 amide bonds. The minimum absolute atomic E-state index is 0.426. The van der Waals surface area contributed by atoms with Crippen LogP contribution in [0.25, 0.3) is 0 Å². The molecule has 0 atom stereocenters. The van der Waals surface area contributed by atoms with E-state index >= 15 is 0 Å². The van der Waals surface area contributed by atoms with Crippen LogP contribution < -0.4 is 16.6 Å². The number of aryl methyl sites for hydroxylation is 3. The van der Waals surface area contributed by atoms with Crippen LogP contribution in [0.2, 0.25) is 0 Å². The van der Waals surface area contributed by atoms with Gasteiger partial charge in [-0.2, -0.15) is 0 Å². The summed E-state index contributed by atoms with van der Waals surface area (Å²) in [5.41, 5.74) is 15.4. The van der Waals surface area contributed by atoms with E-state index in [2.05, 4.69) is 59.7 Å². The van der Waals surface area contributed by atoms with E-state index in [1.54, 1.807) is 6.33 Å². The van der Waals surface area contributed by atoms with Crippen molar-refractivity contribution in [1.82, 2.24) is 25.8 Å². The average Bonchev–Trinajstić information content (AvgIpc) is 3.10. The van der Waals surface area contributed by atoms with E-state index in [0.29, 0.717) is 12.5 Å². The zero-order chi connectivity index (χ0) is 17.9. The molecule has 2 rings (SSSR count). The number of aliphatic imine (C=N–C) groups is 1. The number of aromatic nitrogens is 3. The fourth-order valence-electron chi connectivity index (χ4n) is 2.42. The molecule has 0 aliphatic heterocycles. The number of imidazole rings is 1. The first kappa shape index (κ1) is 19.4. The number of H-pyrrole nitrogens is 1. The molecule has 2 aromatic rings. The SMILES string of the molecule is Cc1cc(Br)cnc1CCCCNNC(N)=NCCCc1cnc[nH]1. The summed E-state index contributed by atoms with van der Waals surface area (Å²) >= 11 is 3.44. The first-order chi connectivity index (χ1) is 12.1. The lowest BCUT2D eigenvalue weighted by molar-refractivity contribution is 0.591. The molecule has 0 aromatic carbocycles. The monoisotopic (exact) mass is 407 g/mol. The van der Waals surface area contributed by atoms with E-state index in [1.807, 2.05) is 12.4 Å². The second kappa shape index (κ2) is 10.8. The number of nitrogens with one attached hydrogen (secondary N) is 3. The molecule has 0 saturated carbocycles. The summed E-state index contributed by atoms with van der Waals surface area (Å²) in [4.78, 5) is 15.8. The highest BCUT2D eigenvalue weighted by Gasteiger charge is 2.01. The van der Waals surface area contributed by atoms with Crippen molar-refractivity contribution in [1.29, 1.82) is 0 Å². The molecular weight excluding hydrogens is 382 g/mol. The summed E-state index contributed by atoms with van der Waals surface area (Å²) in [7, 11) is 0. The Morgan fingerprint density at radius 3 is 2.92 bits per heavy atom. The van der Waals surface area contributed by atoms with Gasteiger partial charge >= 0.3 is 0 Å². The maximum atomic E-state index is 5.81. The molecule has 0 bridgehead atoms. The van der Waals surface area contributed by atoms with Crippen LogP contribution in [0.3, 0.4) is 0 Å². The zero-order valence-electron chi connectivity index (χ0n) is 14.6. The fourth-order valence-corrected chi connectivity index (χ4v) is 2.87. The van der Waals surface area contributed by atoms with Crippen LogP contribution in [-0.2, 0) is 12.8 Å². The summed E-state index contributed by atoms with van der Waals surface area (Å²) in [6.07, 6.45) is 10.3. The van der Waals surface area contributed by atoms with Gasteiger partial charge in [0.1, 0.15) is 0 Å². The highest BCUT2D eigenvalue weighted by Crippen LogP contribution is 2.14. The van der Waals surface area contributed by atoms with Gasteiger partial charge in [0.25, 0.3) is 0 Å². The van der Waals surface area contributed by atoms with Crippen molar-refractivity contribution in [3.05, 3.63) is 46.2 Å². The van der Waals surface area contributed by atoms with Gasteiger partial charge in [-0.15, -0.1) is 0 Å². The van der Waals surface area contributed by atoms with Crippen LogP contribution in [-0.4, -0.2) is 34.0 Å². The zero-order valence-corrected chi connectivity index (χ0v) is 16.1. The molecule has 136 valence electrons. The Bertz CT molecular complexity index is 655. The summed E-state index contributed by atoms with van der Waals surface area (Å²) in [6, 6.07) is 2.10. The van der Waals surface area contributed by atoms with Gasteiger partial charge in [-0.3, -0.25) is 15.4 Å². The topological polar surface area (TPSA) is 104 Å². The maximum Gasteiger partial charge on any atom is 0.203 e. The summed E-state index contributed by atoms with van der Waals surface area (Å²) < 4.78 is 1.03. The molecule has 0 radical (unpaired) electrons. The Balaban J connectivity index is 1.51. The third-order valence-corrected chi connectivity index (χ3v) is 4.21. The van der Waals surface area contributed by atoms with Crippen molar-refractivity contribution in [2.75, 3.05) is 13.1 Å². The summed E-state index contributed by atoms with van der Waals surface area (Å²) in [5.74, 6) is 0.426. The molecule has 0 aliphatic carbocycles. The molecule has 0 aliphatic rings. The maximum absolute atomic E-state index is 5.81. The molecule has 8 heteroatoms. The third kappa shape index (κ3) is 7.66. The van der Waals surface area contributed by atoms with Gasteiger partial charge in [0.2, 0.25) is 5.96 Å². The molecule has 25 heavy (non-hydrogen) atoms. The fraction of sp³-hybridized carbons (Fsp3) is 0.471. The highest BCUT2D eigenvalue weighted by atomic mass is 79.9. The third-order valence-electron chi connectivity index (χ3n) is 3.78. The van der Waals surface area contributed by atoms with E-state index in [4.69, 9.17) is 5.73 Å². The Kier molecular flexibility index (Phi) is 8.41. The quantitative estimate of drug-likeness (QED) is 0.209. The van der Waals surface area contributed by atoms with Gasteiger partial charge in [-0.05, 0) is 66.6 Å². The lowest BCUT2D eigenvalue weighted by Gasteiger charge is -2.08. The lowest BCUT2D eigenvalue weighted by atomic mass is 10.1. The van der Waals surface area contributed by atoms with Crippen molar-refractivity contribution in [2.24, 2.45) is 10.7 Å². The minimum Gasteiger partial charge on any atom is -0.369 e. The van der Waals surface area contributed by atoms with E-state index in [0.717, 1.165) is 54.5 Å². The minimum atomic E-state index is 0.426. The van der Waals surface area contributed by atoms with E-state index in [9.17, 15) is 0 Å². The molecule has 2 heterocycles. The number of pyridine rings is 1. The summed E-state index contributed by atoms with van der Waals surface area (Å²) in [5, 5.41) is 0. The number of guanidine groups is 1. The number of hydrogen-bond acceptors (Lipinski definition) is 4. The van der Waals surface area contributed by atoms with Gasteiger partial charge in [0.05, 0.1) is 6.33 Å². The molecule has 0 spiro atoms. The van der Waals surface area contributed by atoms with Gasteiger partial charge in [-0.1, -0.05) is 0 Å². The van der Waals surface area contributed by atoms with Crippen LogP contribution in [0.1, 0.15) is 36.2 Å². The molecule has 0 fully saturated rings. The second-order valence-corrected chi connectivity index (χ2v) is 6.79. The molecule has 5 N–H and O–H groups in total. The van der Waals surface area contributed by atoms with E-state index in [-0.39, 0.29) is 0 Å². The van der Waals surface area contributed by atoms with Crippen molar-refractivity contribution in [3.63, 3.8) is 0 Å². The van der Waals surface area contributed by atoms with Crippen LogP contribution in [0.5, 0.6) is 0 Å². The highest BCUT2D eigenvalue weighted by molar-refractivity contribution is 9.10. The number of unbranched alkanes of at least 4 members (excludes halogenated alkanes) is 1. The Hall–Kier alpha value is -1.93. The van der Waals surface area contributed by atoms with Crippen molar-refractivity contribution >= 4 is 21.9 Å². The van der Waals surface area contributed by atoms with Crippen molar-refractivity contribution in [2.45, 2.75) is 39.0 Å². The smallest absolute Gasteiger partial charge is 0.203 e. The predicted molar refractivity (Wildman–Crippen MR) is 104 cm³/mol. The van der Waals surface area contributed by atoms with Crippen LogP contribution >= 0.6 is 15.9 Å². The standard InChI is InChI=1S/C17H26BrN7/c1-13-9-14(18)10-22-16(13)6-2-3-8-24-25-17(19)21-7-4-5-15-11-20-12-23-15/h9-12,24H,2-8H2,1H3,(H,20,23)(H3,19,21,25). The Labute approximate surface area is 157 Å². The number of hydrogen-bond donors (Lipinski definition) is 4. The van der Waals surface area contributed by atoms with E-state index in [1.165, 1.54) is 5.56 Å². The first-order valence-electron chi connectivity index (χ1n) is 8.52. The Morgan fingerprint density at radius 2 is 2.16 bits per heavy atom. The molecule has 0 saturated heterocycles. The normalized spacial score (nSPS) is 11.7. The molecule has 7 nitrogen and oxygen atoms in total. The molecular formula is C17H26BrN7. The number of rotatable bonds is 10. The second-order valence-electron chi connectivity index (χ2n) is 5.87. The Morgan fingerprint density at radius 1 is 1.28 bits per heavy atom. The number of nitrogens with two attached hydrogens (primary N) is 1.